The Labute approximate surface area is 125 Å². The van der Waals surface area contributed by atoms with Crippen LogP contribution in [0.3, 0.4) is 0 Å². The number of hydrogen-bond acceptors (Lipinski definition) is 2. The van der Waals surface area contributed by atoms with Crippen LogP contribution in [0.25, 0.3) is 0 Å². The third-order valence-electron chi connectivity index (χ3n) is 2.21. The topological polar surface area (TPSA) is 18.5 Å². The second kappa shape index (κ2) is 8.45. The minimum Gasteiger partial charge on any atom is -0.376 e. The van der Waals surface area contributed by atoms with E-state index < -0.39 is 0 Å². The maximum atomic E-state index is 5.83. The van der Waals surface area contributed by atoms with Gasteiger partial charge in [0.1, 0.15) is 0 Å². The first-order valence-electron chi connectivity index (χ1n) is 5.68. The molecule has 1 rings (SSSR count). The Morgan fingerprint density at radius 3 is 2.53 bits per heavy atom. The van der Waals surface area contributed by atoms with Crippen LogP contribution in [0.2, 0.25) is 0 Å². The van der Waals surface area contributed by atoms with Crippen LogP contribution in [0, 0.1) is 0 Å². The smallest absolute Gasteiger partial charge is 0.0915 e. The zero-order chi connectivity index (χ0) is 12.7. The molecular weight excluding hydrogens is 395 g/mol. The van der Waals surface area contributed by atoms with Gasteiger partial charge in [0.2, 0.25) is 0 Å². The SMILES string of the molecule is CC(C)OCCOC(CI)c1cccc(Br)c1. The summed E-state index contributed by atoms with van der Waals surface area (Å²) in [6, 6.07) is 8.26. The molecular formula is C13H18BrIO2. The number of rotatable bonds is 7. The summed E-state index contributed by atoms with van der Waals surface area (Å²) in [5, 5.41) is 0. The number of halogens is 2. The van der Waals surface area contributed by atoms with Gasteiger partial charge in [-0.3, -0.25) is 0 Å². The average molecular weight is 413 g/mol. The lowest BCUT2D eigenvalue weighted by Gasteiger charge is -2.17. The van der Waals surface area contributed by atoms with Crippen molar-refractivity contribution in [3.8, 4) is 0 Å². The first-order chi connectivity index (χ1) is 8.13. The van der Waals surface area contributed by atoms with Gasteiger partial charge in [-0.2, -0.15) is 0 Å². The van der Waals surface area contributed by atoms with Gasteiger partial charge in [-0.05, 0) is 31.5 Å². The fourth-order valence-corrected chi connectivity index (χ4v) is 2.59. The van der Waals surface area contributed by atoms with Crippen molar-refractivity contribution in [2.75, 3.05) is 17.6 Å². The van der Waals surface area contributed by atoms with Crippen molar-refractivity contribution in [2.24, 2.45) is 0 Å². The zero-order valence-corrected chi connectivity index (χ0v) is 13.9. The lowest BCUT2D eigenvalue weighted by Crippen LogP contribution is -2.13. The predicted molar refractivity (Wildman–Crippen MR) is 82.8 cm³/mol. The molecule has 0 heterocycles. The number of hydrogen-bond donors (Lipinski definition) is 0. The summed E-state index contributed by atoms with van der Waals surface area (Å²) >= 11 is 5.83. The van der Waals surface area contributed by atoms with E-state index in [2.05, 4.69) is 50.7 Å². The van der Waals surface area contributed by atoms with E-state index in [0.29, 0.717) is 13.2 Å². The predicted octanol–water partition coefficient (Wildman–Crippen LogP) is 4.37. The molecule has 0 aliphatic carbocycles. The molecule has 1 atom stereocenters. The van der Waals surface area contributed by atoms with Crippen LogP contribution in [0.15, 0.2) is 28.7 Å². The van der Waals surface area contributed by atoms with Crippen LogP contribution in [0.4, 0.5) is 0 Å². The molecule has 0 fully saturated rings. The molecule has 1 aromatic carbocycles. The average Bonchev–Trinajstić information content (AvgIpc) is 2.29. The molecule has 0 spiro atoms. The van der Waals surface area contributed by atoms with Crippen molar-refractivity contribution < 1.29 is 9.47 Å². The molecule has 17 heavy (non-hydrogen) atoms. The highest BCUT2D eigenvalue weighted by Crippen LogP contribution is 2.23. The van der Waals surface area contributed by atoms with Gasteiger partial charge in [-0.1, -0.05) is 50.7 Å². The van der Waals surface area contributed by atoms with Crippen molar-refractivity contribution in [3.63, 3.8) is 0 Å². The van der Waals surface area contributed by atoms with Crippen molar-refractivity contribution >= 4 is 38.5 Å². The molecule has 0 aliphatic rings. The highest BCUT2D eigenvalue weighted by molar-refractivity contribution is 14.1. The minimum absolute atomic E-state index is 0.142. The summed E-state index contributed by atoms with van der Waals surface area (Å²) in [6.07, 6.45) is 0.409. The van der Waals surface area contributed by atoms with E-state index in [1.165, 1.54) is 5.56 Å². The molecule has 4 heteroatoms. The maximum Gasteiger partial charge on any atom is 0.0915 e. The standard InChI is InChI=1S/C13H18BrIO2/c1-10(2)16-6-7-17-13(9-15)11-4-3-5-12(14)8-11/h3-5,8,10,13H,6-7,9H2,1-2H3. The molecule has 0 N–H and O–H groups in total. The van der Waals surface area contributed by atoms with E-state index in [4.69, 9.17) is 9.47 Å². The molecule has 0 amide bonds. The van der Waals surface area contributed by atoms with Gasteiger partial charge < -0.3 is 9.47 Å². The van der Waals surface area contributed by atoms with E-state index in [1.54, 1.807) is 0 Å². The minimum atomic E-state index is 0.142. The highest BCUT2D eigenvalue weighted by atomic mass is 127. The number of ether oxygens (including phenoxy) is 2. The van der Waals surface area contributed by atoms with E-state index in [0.717, 1.165) is 8.90 Å². The van der Waals surface area contributed by atoms with E-state index in [9.17, 15) is 0 Å². The lowest BCUT2D eigenvalue weighted by atomic mass is 10.1. The molecule has 1 aromatic rings. The first-order valence-corrected chi connectivity index (χ1v) is 8.00. The largest absolute Gasteiger partial charge is 0.376 e. The Hall–Kier alpha value is 0.350. The van der Waals surface area contributed by atoms with Gasteiger partial charge in [0.05, 0.1) is 25.4 Å². The second-order valence-electron chi connectivity index (χ2n) is 3.99. The fourth-order valence-electron chi connectivity index (χ4n) is 1.41. The molecule has 0 saturated heterocycles. The van der Waals surface area contributed by atoms with Gasteiger partial charge in [0.15, 0.2) is 0 Å². The molecule has 2 nitrogen and oxygen atoms in total. The molecule has 0 radical (unpaired) electrons. The summed E-state index contributed by atoms with van der Waals surface area (Å²) in [7, 11) is 0. The number of benzene rings is 1. The van der Waals surface area contributed by atoms with Gasteiger partial charge in [0, 0.05) is 8.90 Å². The van der Waals surface area contributed by atoms with Crippen LogP contribution < -0.4 is 0 Å². The van der Waals surface area contributed by atoms with Gasteiger partial charge in [-0.15, -0.1) is 0 Å². The third kappa shape index (κ3) is 6.18. The van der Waals surface area contributed by atoms with Crippen molar-refractivity contribution in [3.05, 3.63) is 34.3 Å². The van der Waals surface area contributed by atoms with E-state index in [1.807, 2.05) is 26.0 Å². The molecule has 0 bridgehead atoms. The van der Waals surface area contributed by atoms with Gasteiger partial charge in [-0.25, -0.2) is 0 Å². The molecule has 0 aliphatic heterocycles. The van der Waals surface area contributed by atoms with Crippen LogP contribution in [-0.2, 0) is 9.47 Å². The quantitative estimate of drug-likeness (QED) is 0.376. The van der Waals surface area contributed by atoms with Gasteiger partial charge >= 0.3 is 0 Å². The van der Waals surface area contributed by atoms with E-state index >= 15 is 0 Å². The Morgan fingerprint density at radius 1 is 1.24 bits per heavy atom. The Morgan fingerprint density at radius 2 is 1.94 bits per heavy atom. The van der Waals surface area contributed by atoms with Crippen LogP contribution >= 0.6 is 38.5 Å². The van der Waals surface area contributed by atoms with Crippen molar-refractivity contribution in [1.82, 2.24) is 0 Å². The summed E-state index contributed by atoms with van der Waals surface area (Å²) in [4.78, 5) is 0. The zero-order valence-electron chi connectivity index (χ0n) is 10.2. The van der Waals surface area contributed by atoms with Crippen LogP contribution in [0.5, 0.6) is 0 Å². The number of alkyl halides is 1. The van der Waals surface area contributed by atoms with Gasteiger partial charge in [0.25, 0.3) is 0 Å². The lowest BCUT2D eigenvalue weighted by molar-refractivity contribution is -0.00504. The summed E-state index contributed by atoms with van der Waals surface area (Å²) in [6.45, 7) is 5.35. The second-order valence-corrected chi connectivity index (χ2v) is 5.78. The van der Waals surface area contributed by atoms with Crippen LogP contribution in [-0.4, -0.2) is 23.7 Å². The fraction of sp³-hybridized carbons (Fsp3) is 0.538. The third-order valence-corrected chi connectivity index (χ3v) is 3.51. The molecule has 0 saturated carbocycles. The summed E-state index contributed by atoms with van der Waals surface area (Å²) in [5.41, 5.74) is 1.21. The highest BCUT2D eigenvalue weighted by Gasteiger charge is 2.10. The van der Waals surface area contributed by atoms with Crippen LogP contribution in [0.1, 0.15) is 25.5 Å². The Balaban J connectivity index is 2.43. The maximum absolute atomic E-state index is 5.83. The Bertz CT molecular complexity index is 331. The molecule has 0 aromatic heterocycles. The first kappa shape index (κ1) is 15.4. The molecule has 1 unspecified atom stereocenters. The Kier molecular flexibility index (Phi) is 7.66. The van der Waals surface area contributed by atoms with E-state index in [-0.39, 0.29) is 12.2 Å². The van der Waals surface area contributed by atoms with Crippen molar-refractivity contribution in [1.29, 1.82) is 0 Å². The summed E-state index contributed by atoms with van der Waals surface area (Å²) in [5.74, 6) is 0. The summed E-state index contributed by atoms with van der Waals surface area (Å²) < 4.78 is 13.3. The molecule has 96 valence electrons. The monoisotopic (exact) mass is 412 g/mol. The normalized spacial score (nSPS) is 13.0. The van der Waals surface area contributed by atoms with Crippen molar-refractivity contribution in [2.45, 2.75) is 26.1 Å².